The third kappa shape index (κ3) is 2.42. The SMILES string of the molecule is C/C=C\Oc1ccc(OC)c(OC)c1. The number of ether oxygens (including phenoxy) is 3. The van der Waals surface area contributed by atoms with Gasteiger partial charge in [-0.2, -0.15) is 0 Å². The van der Waals surface area contributed by atoms with Gasteiger partial charge in [-0.05, 0) is 19.1 Å². The van der Waals surface area contributed by atoms with Crippen LogP contribution in [-0.2, 0) is 0 Å². The molecule has 0 aliphatic carbocycles. The molecule has 0 atom stereocenters. The zero-order valence-corrected chi connectivity index (χ0v) is 8.61. The minimum Gasteiger partial charge on any atom is -0.493 e. The van der Waals surface area contributed by atoms with Gasteiger partial charge in [-0.1, -0.05) is 6.08 Å². The van der Waals surface area contributed by atoms with Crippen molar-refractivity contribution in [2.45, 2.75) is 6.92 Å². The van der Waals surface area contributed by atoms with Crippen LogP contribution in [0.15, 0.2) is 30.5 Å². The number of hydrogen-bond donors (Lipinski definition) is 0. The summed E-state index contributed by atoms with van der Waals surface area (Å²) in [6.45, 7) is 1.89. The van der Waals surface area contributed by atoms with Crippen molar-refractivity contribution in [3.63, 3.8) is 0 Å². The molecule has 3 heteroatoms. The van der Waals surface area contributed by atoms with Crippen LogP contribution in [0.2, 0.25) is 0 Å². The van der Waals surface area contributed by atoms with Crippen LogP contribution in [0.3, 0.4) is 0 Å². The first-order valence-corrected chi connectivity index (χ1v) is 4.31. The number of benzene rings is 1. The van der Waals surface area contributed by atoms with Crippen LogP contribution in [0.4, 0.5) is 0 Å². The summed E-state index contributed by atoms with van der Waals surface area (Å²) in [5, 5.41) is 0. The molecule has 0 N–H and O–H groups in total. The standard InChI is InChI=1S/C11H14O3/c1-4-7-14-9-5-6-10(12-2)11(8-9)13-3/h4-8H,1-3H3/b7-4-. The quantitative estimate of drug-likeness (QED) is 0.689. The summed E-state index contributed by atoms with van der Waals surface area (Å²) >= 11 is 0. The fourth-order valence-electron chi connectivity index (χ4n) is 1.04. The van der Waals surface area contributed by atoms with Crippen molar-refractivity contribution in [2.75, 3.05) is 14.2 Å². The number of hydrogen-bond acceptors (Lipinski definition) is 3. The van der Waals surface area contributed by atoms with Crippen molar-refractivity contribution in [1.29, 1.82) is 0 Å². The Labute approximate surface area is 83.9 Å². The second-order valence-electron chi connectivity index (χ2n) is 2.60. The Balaban J connectivity index is 2.89. The lowest BCUT2D eigenvalue weighted by atomic mass is 10.3. The zero-order valence-electron chi connectivity index (χ0n) is 8.61. The van der Waals surface area contributed by atoms with Gasteiger partial charge in [-0.25, -0.2) is 0 Å². The Morgan fingerprint density at radius 2 is 1.79 bits per heavy atom. The largest absolute Gasteiger partial charge is 0.493 e. The number of rotatable bonds is 4. The molecule has 3 nitrogen and oxygen atoms in total. The van der Waals surface area contributed by atoms with Crippen molar-refractivity contribution < 1.29 is 14.2 Å². The predicted octanol–water partition coefficient (Wildman–Crippen LogP) is 2.62. The highest BCUT2D eigenvalue weighted by molar-refractivity contribution is 5.45. The summed E-state index contributed by atoms with van der Waals surface area (Å²) in [7, 11) is 3.20. The Morgan fingerprint density at radius 1 is 1.07 bits per heavy atom. The van der Waals surface area contributed by atoms with Gasteiger partial charge in [0.1, 0.15) is 5.75 Å². The molecule has 0 aromatic heterocycles. The lowest BCUT2D eigenvalue weighted by Crippen LogP contribution is -1.91. The first-order valence-electron chi connectivity index (χ1n) is 4.31. The Kier molecular flexibility index (Phi) is 3.85. The van der Waals surface area contributed by atoms with Crippen LogP contribution in [0.1, 0.15) is 6.92 Å². The van der Waals surface area contributed by atoms with Crippen LogP contribution >= 0.6 is 0 Å². The molecule has 0 bridgehead atoms. The van der Waals surface area contributed by atoms with Crippen LogP contribution in [0, 0.1) is 0 Å². The molecule has 14 heavy (non-hydrogen) atoms. The summed E-state index contributed by atoms with van der Waals surface area (Å²) in [5.41, 5.74) is 0. The molecule has 76 valence electrons. The second kappa shape index (κ2) is 5.17. The molecule has 0 heterocycles. The molecule has 0 aliphatic heterocycles. The summed E-state index contributed by atoms with van der Waals surface area (Å²) in [6, 6.07) is 5.40. The van der Waals surface area contributed by atoms with Gasteiger partial charge in [-0.15, -0.1) is 0 Å². The molecule has 0 saturated heterocycles. The van der Waals surface area contributed by atoms with Gasteiger partial charge in [0.2, 0.25) is 0 Å². The van der Waals surface area contributed by atoms with Crippen molar-refractivity contribution in [3.8, 4) is 17.2 Å². The summed E-state index contributed by atoms with van der Waals surface area (Å²) < 4.78 is 15.5. The van der Waals surface area contributed by atoms with Gasteiger partial charge >= 0.3 is 0 Å². The lowest BCUT2D eigenvalue weighted by molar-refractivity contribution is 0.352. The smallest absolute Gasteiger partial charge is 0.164 e. The Hall–Kier alpha value is -1.64. The van der Waals surface area contributed by atoms with Crippen LogP contribution in [-0.4, -0.2) is 14.2 Å². The molecule has 0 fully saturated rings. The first-order chi connectivity index (χ1) is 6.81. The summed E-state index contributed by atoms with van der Waals surface area (Å²) in [6.07, 6.45) is 3.43. The highest BCUT2D eigenvalue weighted by atomic mass is 16.5. The molecule has 0 amide bonds. The number of methoxy groups -OCH3 is 2. The molecule has 0 radical (unpaired) electrons. The van der Waals surface area contributed by atoms with E-state index >= 15 is 0 Å². The molecule has 0 aliphatic rings. The topological polar surface area (TPSA) is 27.7 Å². The van der Waals surface area contributed by atoms with E-state index in [0.717, 1.165) is 5.75 Å². The molecule has 1 aromatic carbocycles. The fourth-order valence-corrected chi connectivity index (χ4v) is 1.04. The van der Waals surface area contributed by atoms with Crippen molar-refractivity contribution in [2.24, 2.45) is 0 Å². The van der Waals surface area contributed by atoms with E-state index in [0.29, 0.717) is 11.5 Å². The van der Waals surface area contributed by atoms with Crippen molar-refractivity contribution in [1.82, 2.24) is 0 Å². The van der Waals surface area contributed by atoms with Crippen molar-refractivity contribution >= 4 is 0 Å². The maximum atomic E-state index is 5.28. The van der Waals surface area contributed by atoms with E-state index in [1.54, 1.807) is 32.6 Å². The summed E-state index contributed by atoms with van der Waals surface area (Å²) in [4.78, 5) is 0. The van der Waals surface area contributed by atoms with Gasteiger partial charge in [-0.3, -0.25) is 0 Å². The highest BCUT2D eigenvalue weighted by Gasteiger charge is 2.03. The normalized spacial score (nSPS) is 10.2. The molecule has 1 aromatic rings. The zero-order chi connectivity index (χ0) is 10.4. The van der Waals surface area contributed by atoms with Crippen LogP contribution in [0.5, 0.6) is 17.2 Å². The molecule has 0 spiro atoms. The Bertz CT molecular complexity index is 318. The van der Waals surface area contributed by atoms with E-state index < -0.39 is 0 Å². The van der Waals surface area contributed by atoms with E-state index in [4.69, 9.17) is 14.2 Å². The van der Waals surface area contributed by atoms with Gasteiger partial charge in [0, 0.05) is 6.07 Å². The van der Waals surface area contributed by atoms with E-state index in [1.807, 2.05) is 19.1 Å². The average Bonchev–Trinajstić information content (AvgIpc) is 2.25. The second-order valence-corrected chi connectivity index (χ2v) is 2.60. The van der Waals surface area contributed by atoms with E-state index in [1.165, 1.54) is 0 Å². The van der Waals surface area contributed by atoms with E-state index in [2.05, 4.69) is 0 Å². The molecule has 0 unspecified atom stereocenters. The minimum atomic E-state index is 0.662. The maximum Gasteiger partial charge on any atom is 0.164 e. The molecule has 0 saturated carbocycles. The third-order valence-electron chi connectivity index (χ3n) is 1.70. The fraction of sp³-hybridized carbons (Fsp3) is 0.273. The van der Waals surface area contributed by atoms with Crippen molar-refractivity contribution in [3.05, 3.63) is 30.5 Å². The van der Waals surface area contributed by atoms with Gasteiger partial charge < -0.3 is 14.2 Å². The maximum absolute atomic E-state index is 5.28. The van der Waals surface area contributed by atoms with E-state index in [-0.39, 0.29) is 0 Å². The lowest BCUT2D eigenvalue weighted by Gasteiger charge is -2.08. The van der Waals surface area contributed by atoms with E-state index in [9.17, 15) is 0 Å². The third-order valence-corrected chi connectivity index (χ3v) is 1.70. The Morgan fingerprint density at radius 3 is 2.36 bits per heavy atom. The summed E-state index contributed by atoms with van der Waals surface area (Å²) in [5.74, 6) is 2.08. The van der Waals surface area contributed by atoms with Crippen LogP contribution in [0.25, 0.3) is 0 Å². The molecule has 1 rings (SSSR count). The molecular weight excluding hydrogens is 180 g/mol. The van der Waals surface area contributed by atoms with Gasteiger partial charge in [0.05, 0.1) is 20.5 Å². The number of allylic oxidation sites excluding steroid dienone is 1. The van der Waals surface area contributed by atoms with Crippen LogP contribution < -0.4 is 14.2 Å². The van der Waals surface area contributed by atoms with Gasteiger partial charge in [0.25, 0.3) is 0 Å². The predicted molar refractivity (Wildman–Crippen MR) is 55.0 cm³/mol. The molecular formula is C11H14O3. The first kappa shape index (κ1) is 10.4. The highest BCUT2D eigenvalue weighted by Crippen LogP contribution is 2.30. The monoisotopic (exact) mass is 194 g/mol. The average molecular weight is 194 g/mol. The van der Waals surface area contributed by atoms with Gasteiger partial charge in [0.15, 0.2) is 11.5 Å². The minimum absolute atomic E-state index is 0.662.